The van der Waals surface area contributed by atoms with Gasteiger partial charge in [-0.2, -0.15) is 5.10 Å². The second-order valence-corrected chi connectivity index (χ2v) is 5.08. The van der Waals surface area contributed by atoms with Gasteiger partial charge in [-0.25, -0.2) is 9.67 Å². The number of aromatic nitrogens is 3. The first-order valence-electron chi connectivity index (χ1n) is 5.31. The standard InChI is InChI=1S/C12H7Cl3N4/c13-7-2-1-3-9-6(7)4-18-19(9)12-10(15)11(16)8(14)5-17-12/h1-5H,(H2,16,17). The number of pyridine rings is 1. The van der Waals surface area contributed by atoms with Gasteiger partial charge in [0.05, 0.1) is 33.6 Å². The molecule has 0 spiro atoms. The van der Waals surface area contributed by atoms with E-state index in [1.54, 1.807) is 16.9 Å². The summed E-state index contributed by atoms with van der Waals surface area (Å²) in [5.74, 6) is 0.417. The minimum atomic E-state index is 0.262. The lowest BCUT2D eigenvalue weighted by Crippen LogP contribution is -2.02. The van der Waals surface area contributed by atoms with Crippen molar-refractivity contribution in [1.82, 2.24) is 14.8 Å². The number of fused-ring (bicyclic) bond motifs is 1. The fourth-order valence-electron chi connectivity index (χ4n) is 1.80. The summed E-state index contributed by atoms with van der Waals surface area (Å²) < 4.78 is 1.58. The predicted molar refractivity (Wildman–Crippen MR) is 78.3 cm³/mol. The maximum atomic E-state index is 6.16. The SMILES string of the molecule is Nc1c(Cl)cnc(-n2ncc3c(Cl)cccc32)c1Cl. The first-order valence-corrected chi connectivity index (χ1v) is 6.45. The van der Waals surface area contributed by atoms with Crippen LogP contribution in [0.25, 0.3) is 16.7 Å². The van der Waals surface area contributed by atoms with Crippen molar-refractivity contribution in [2.24, 2.45) is 0 Å². The number of rotatable bonds is 1. The minimum absolute atomic E-state index is 0.262. The van der Waals surface area contributed by atoms with Crippen LogP contribution in [-0.2, 0) is 0 Å². The lowest BCUT2D eigenvalue weighted by molar-refractivity contribution is 0.875. The zero-order valence-electron chi connectivity index (χ0n) is 9.44. The van der Waals surface area contributed by atoms with Gasteiger partial charge in [-0.1, -0.05) is 40.9 Å². The second-order valence-electron chi connectivity index (χ2n) is 3.89. The van der Waals surface area contributed by atoms with Crippen LogP contribution in [0.2, 0.25) is 15.1 Å². The van der Waals surface area contributed by atoms with Crippen LogP contribution in [0.1, 0.15) is 0 Å². The van der Waals surface area contributed by atoms with E-state index in [2.05, 4.69) is 10.1 Å². The highest BCUT2D eigenvalue weighted by molar-refractivity contribution is 6.39. The first kappa shape index (κ1) is 12.5. The maximum absolute atomic E-state index is 6.16. The number of hydrogen-bond donors (Lipinski definition) is 1. The summed E-state index contributed by atoms with van der Waals surface area (Å²) in [5.41, 5.74) is 6.86. The molecule has 0 radical (unpaired) electrons. The summed E-state index contributed by atoms with van der Waals surface area (Å²) in [6, 6.07) is 5.49. The molecule has 1 aromatic carbocycles. The van der Waals surface area contributed by atoms with Crippen molar-refractivity contribution in [1.29, 1.82) is 0 Å². The minimum Gasteiger partial charge on any atom is -0.396 e. The van der Waals surface area contributed by atoms with Gasteiger partial charge in [0.15, 0.2) is 5.82 Å². The van der Waals surface area contributed by atoms with Gasteiger partial charge in [-0.05, 0) is 12.1 Å². The van der Waals surface area contributed by atoms with Gasteiger partial charge in [0, 0.05) is 5.39 Å². The monoisotopic (exact) mass is 312 g/mol. The Balaban J connectivity index is 2.31. The van der Waals surface area contributed by atoms with Crippen LogP contribution >= 0.6 is 34.8 Å². The van der Waals surface area contributed by atoms with E-state index in [4.69, 9.17) is 40.5 Å². The summed E-state index contributed by atoms with van der Waals surface area (Å²) in [4.78, 5) is 4.17. The van der Waals surface area contributed by atoms with Gasteiger partial charge < -0.3 is 5.73 Å². The largest absolute Gasteiger partial charge is 0.396 e. The summed E-state index contributed by atoms with van der Waals surface area (Å²) in [6.07, 6.45) is 3.09. The Labute approximate surface area is 123 Å². The van der Waals surface area contributed by atoms with Crippen molar-refractivity contribution in [3.8, 4) is 5.82 Å². The first-order chi connectivity index (χ1) is 9.09. The van der Waals surface area contributed by atoms with Crippen molar-refractivity contribution < 1.29 is 0 Å². The van der Waals surface area contributed by atoms with Crippen LogP contribution in [0.3, 0.4) is 0 Å². The van der Waals surface area contributed by atoms with E-state index in [1.807, 2.05) is 12.1 Å². The Morgan fingerprint density at radius 3 is 2.63 bits per heavy atom. The van der Waals surface area contributed by atoms with Gasteiger partial charge >= 0.3 is 0 Å². The van der Waals surface area contributed by atoms with E-state index in [1.165, 1.54) is 6.20 Å². The van der Waals surface area contributed by atoms with Crippen LogP contribution < -0.4 is 5.73 Å². The smallest absolute Gasteiger partial charge is 0.175 e. The number of halogens is 3. The number of nitrogen functional groups attached to an aromatic ring is 1. The van der Waals surface area contributed by atoms with Gasteiger partial charge in [0.25, 0.3) is 0 Å². The lowest BCUT2D eigenvalue weighted by Gasteiger charge is -2.08. The van der Waals surface area contributed by atoms with Gasteiger partial charge in [-0.15, -0.1) is 0 Å². The van der Waals surface area contributed by atoms with Gasteiger partial charge in [-0.3, -0.25) is 0 Å². The quantitative estimate of drug-likeness (QED) is 0.739. The maximum Gasteiger partial charge on any atom is 0.175 e. The van der Waals surface area contributed by atoms with Crippen molar-refractivity contribution >= 4 is 51.4 Å². The normalized spacial score (nSPS) is 11.1. The van der Waals surface area contributed by atoms with Crippen molar-refractivity contribution in [3.63, 3.8) is 0 Å². The average Bonchev–Trinajstić information content (AvgIpc) is 2.82. The highest BCUT2D eigenvalue weighted by Gasteiger charge is 2.14. The van der Waals surface area contributed by atoms with Crippen LogP contribution in [0, 0.1) is 0 Å². The van der Waals surface area contributed by atoms with E-state index in [0.717, 1.165) is 10.9 Å². The molecule has 0 aliphatic rings. The molecule has 4 nitrogen and oxygen atoms in total. The van der Waals surface area contributed by atoms with E-state index < -0.39 is 0 Å². The molecule has 2 N–H and O–H groups in total. The molecular formula is C12H7Cl3N4. The molecule has 3 rings (SSSR count). The molecule has 0 bridgehead atoms. The molecule has 0 aliphatic heterocycles. The molecule has 7 heteroatoms. The summed E-state index contributed by atoms with van der Waals surface area (Å²) in [7, 11) is 0. The fraction of sp³-hybridized carbons (Fsp3) is 0. The molecule has 3 aromatic rings. The van der Waals surface area contributed by atoms with Gasteiger partial charge in [0.2, 0.25) is 0 Å². The number of nitrogens with zero attached hydrogens (tertiary/aromatic N) is 3. The second kappa shape index (κ2) is 4.56. The summed E-state index contributed by atoms with van der Waals surface area (Å²) in [6.45, 7) is 0. The molecule has 0 fully saturated rings. The van der Waals surface area contributed by atoms with Crippen LogP contribution in [0.4, 0.5) is 5.69 Å². The van der Waals surface area contributed by atoms with Crippen molar-refractivity contribution in [3.05, 3.63) is 45.7 Å². The Hall–Kier alpha value is -1.49. The Morgan fingerprint density at radius 1 is 1.05 bits per heavy atom. The van der Waals surface area contributed by atoms with Crippen molar-refractivity contribution in [2.75, 3.05) is 5.73 Å². The van der Waals surface area contributed by atoms with Crippen LogP contribution in [-0.4, -0.2) is 14.8 Å². The zero-order chi connectivity index (χ0) is 13.6. The van der Waals surface area contributed by atoms with Crippen molar-refractivity contribution in [2.45, 2.75) is 0 Å². The zero-order valence-corrected chi connectivity index (χ0v) is 11.7. The molecule has 19 heavy (non-hydrogen) atoms. The van der Waals surface area contributed by atoms with Crippen LogP contribution in [0.15, 0.2) is 30.6 Å². The fourth-order valence-corrected chi connectivity index (χ4v) is 2.44. The number of hydrogen-bond acceptors (Lipinski definition) is 3. The van der Waals surface area contributed by atoms with E-state index in [-0.39, 0.29) is 10.7 Å². The summed E-state index contributed by atoms with van der Waals surface area (Å²) in [5, 5.41) is 6.24. The molecule has 0 aliphatic carbocycles. The highest BCUT2D eigenvalue weighted by atomic mass is 35.5. The molecule has 2 aromatic heterocycles. The molecule has 0 unspecified atom stereocenters. The molecule has 2 heterocycles. The molecule has 0 saturated heterocycles. The Kier molecular flexibility index (Phi) is 3.01. The summed E-state index contributed by atoms with van der Waals surface area (Å²) >= 11 is 18.1. The predicted octanol–water partition coefficient (Wildman–Crippen LogP) is 3.96. The molecule has 0 saturated carbocycles. The third-order valence-corrected chi connectivity index (χ3v) is 3.75. The third-order valence-electron chi connectivity index (χ3n) is 2.75. The lowest BCUT2D eigenvalue weighted by atomic mass is 10.2. The van der Waals surface area contributed by atoms with Gasteiger partial charge in [0.1, 0.15) is 5.02 Å². The van der Waals surface area contributed by atoms with E-state index in [0.29, 0.717) is 15.9 Å². The van der Waals surface area contributed by atoms with E-state index >= 15 is 0 Å². The van der Waals surface area contributed by atoms with E-state index in [9.17, 15) is 0 Å². The molecular weight excluding hydrogens is 307 g/mol. The van der Waals surface area contributed by atoms with Crippen LogP contribution in [0.5, 0.6) is 0 Å². The number of nitrogens with two attached hydrogens (primary N) is 1. The number of benzene rings is 1. The third kappa shape index (κ3) is 1.92. The average molecular weight is 314 g/mol. The molecule has 0 amide bonds. The molecule has 0 atom stereocenters. The highest BCUT2D eigenvalue weighted by Crippen LogP contribution is 2.32. The molecule has 96 valence electrons. The Bertz CT molecular complexity index is 782. The Morgan fingerprint density at radius 2 is 1.84 bits per heavy atom. The number of anilines is 1. The topological polar surface area (TPSA) is 56.7 Å².